The number of nitrogens with one attached hydrogen (secondary N) is 1. The summed E-state index contributed by atoms with van der Waals surface area (Å²) in [7, 11) is 0. The first-order valence-electron chi connectivity index (χ1n) is 5.79. The molecular formula is C12H12BrF2N3O. The Labute approximate surface area is 117 Å². The van der Waals surface area contributed by atoms with Gasteiger partial charge in [-0.05, 0) is 25.1 Å². The molecule has 0 saturated heterocycles. The Morgan fingerprint density at radius 3 is 2.58 bits per heavy atom. The lowest BCUT2D eigenvalue weighted by Crippen LogP contribution is -2.13. The van der Waals surface area contributed by atoms with Gasteiger partial charge in [-0.15, -0.1) is 10.2 Å². The normalized spacial score (nSPS) is 10.9. The van der Waals surface area contributed by atoms with Crippen LogP contribution < -0.4 is 5.32 Å². The second kappa shape index (κ2) is 6.21. The molecule has 7 heteroatoms. The van der Waals surface area contributed by atoms with E-state index in [1.54, 1.807) is 0 Å². The van der Waals surface area contributed by atoms with Crippen molar-refractivity contribution < 1.29 is 13.2 Å². The molecule has 0 fully saturated rings. The summed E-state index contributed by atoms with van der Waals surface area (Å²) in [6, 6.07) is 2.30. The molecule has 0 saturated carbocycles. The number of nitrogens with zero attached hydrogens (tertiary/aromatic N) is 2. The van der Waals surface area contributed by atoms with Gasteiger partial charge >= 0.3 is 0 Å². The van der Waals surface area contributed by atoms with Crippen LogP contribution in [0.3, 0.4) is 0 Å². The van der Waals surface area contributed by atoms with Crippen molar-refractivity contribution in [2.24, 2.45) is 0 Å². The summed E-state index contributed by atoms with van der Waals surface area (Å²) < 4.78 is 33.0. The Bertz CT molecular complexity index is 551. The molecule has 0 unspecified atom stereocenters. The Balaban J connectivity index is 2.23. The van der Waals surface area contributed by atoms with Crippen LogP contribution in [0.5, 0.6) is 0 Å². The van der Waals surface area contributed by atoms with E-state index in [2.05, 4.69) is 31.4 Å². The average molecular weight is 332 g/mol. The summed E-state index contributed by atoms with van der Waals surface area (Å²) in [6.45, 7) is 3.21. The lowest BCUT2D eigenvalue weighted by Gasteiger charge is -2.01. The third kappa shape index (κ3) is 3.36. The lowest BCUT2D eigenvalue weighted by atomic mass is 10.2. The van der Waals surface area contributed by atoms with Gasteiger partial charge in [-0.25, -0.2) is 8.78 Å². The van der Waals surface area contributed by atoms with Crippen LogP contribution in [-0.2, 0) is 6.54 Å². The number of aromatic nitrogens is 2. The lowest BCUT2D eigenvalue weighted by molar-refractivity contribution is 0.471. The Hall–Kier alpha value is -1.34. The molecule has 102 valence electrons. The van der Waals surface area contributed by atoms with Crippen LogP contribution in [0.1, 0.15) is 19.2 Å². The van der Waals surface area contributed by atoms with Gasteiger partial charge in [0.1, 0.15) is 17.2 Å². The third-order valence-corrected chi connectivity index (χ3v) is 2.85. The van der Waals surface area contributed by atoms with E-state index >= 15 is 0 Å². The highest BCUT2D eigenvalue weighted by Crippen LogP contribution is 2.27. The highest BCUT2D eigenvalue weighted by atomic mass is 79.9. The van der Waals surface area contributed by atoms with Crippen molar-refractivity contribution in [1.82, 2.24) is 15.5 Å². The summed E-state index contributed by atoms with van der Waals surface area (Å²) in [5.41, 5.74) is -0.308. The predicted molar refractivity (Wildman–Crippen MR) is 69.3 cm³/mol. The van der Waals surface area contributed by atoms with Gasteiger partial charge in [0.05, 0.1) is 6.54 Å². The molecule has 0 aliphatic carbocycles. The molecule has 2 aromatic rings. The number of halogens is 3. The van der Waals surface area contributed by atoms with E-state index in [-0.39, 0.29) is 11.5 Å². The fraction of sp³-hybridized carbons (Fsp3) is 0.333. The smallest absolute Gasteiger partial charge is 0.253 e. The van der Waals surface area contributed by atoms with Gasteiger partial charge in [0, 0.05) is 4.47 Å². The summed E-state index contributed by atoms with van der Waals surface area (Å²) in [5, 5.41) is 10.5. The van der Waals surface area contributed by atoms with Gasteiger partial charge in [0.2, 0.25) is 5.89 Å². The van der Waals surface area contributed by atoms with Gasteiger partial charge in [0.15, 0.2) is 0 Å². The molecule has 0 spiro atoms. The minimum Gasteiger partial charge on any atom is -0.419 e. The first-order chi connectivity index (χ1) is 9.11. The van der Waals surface area contributed by atoms with Crippen LogP contribution >= 0.6 is 15.9 Å². The molecule has 0 amide bonds. The van der Waals surface area contributed by atoms with E-state index in [4.69, 9.17) is 4.42 Å². The summed E-state index contributed by atoms with van der Waals surface area (Å²) in [5.74, 6) is -1.35. The van der Waals surface area contributed by atoms with Gasteiger partial charge in [-0.3, -0.25) is 0 Å². The molecule has 2 rings (SSSR count). The highest BCUT2D eigenvalue weighted by molar-refractivity contribution is 9.10. The molecule has 1 N–H and O–H groups in total. The molecule has 0 aliphatic rings. The molecule has 0 atom stereocenters. The van der Waals surface area contributed by atoms with Crippen LogP contribution in [0.15, 0.2) is 21.0 Å². The van der Waals surface area contributed by atoms with Crippen molar-refractivity contribution in [3.63, 3.8) is 0 Å². The van der Waals surface area contributed by atoms with Crippen molar-refractivity contribution in [1.29, 1.82) is 0 Å². The Morgan fingerprint density at radius 2 is 1.95 bits per heavy atom. The minimum atomic E-state index is -0.747. The summed E-state index contributed by atoms with van der Waals surface area (Å²) >= 11 is 3.01. The van der Waals surface area contributed by atoms with Crippen LogP contribution in [0.2, 0.25) is 0 Å². The van der Waals surface area contributed by atoms with E-state index in [0.717, 1.165) is 25.1 Å². The van der Waals surface area contributed by atoms with Crippen LogP contribution in [0, 0.1) is 11.6 Å². The fourth-order valence-corrected chi connectivity index (χ4v) is 1.95. The van der Waals surface area contributed by atoms with Gasteiger partial charge < -0.3 is 9.73 Å². The van der Waals surface area contributed by atoms with E-state index in [1.165, 1.54) is 0 Å². The van der Waals surface area contributed by atoms with E-state index in [0.29, 0.717) is 16.9 Å². The molecule has 1 heterocycles. The standard InChI is InChI=1S/C12H12BrF2N3O/c1-2-3-16-6-10-17-18-12(19-10)11-8(14)4-7(13)5-9(11)15/h4-5,16H,2-3,6H2,1H3. The second-order valence-electron chi connectivity index (χ2n) is 3.92. The molecule has 1 aromatic heterocycles. The topological polar surface area (TPSA) is 51.0 Å². The van der Waals surface area contributed by atoms with Crippen LogP contribution in [0.4, 0.5) is 8.78 Å². The fourth-order valence-electron chi connectivity index (χ4n) is 1.54. The first-order valence-corrected chi connectivity index (χ1v) is 6.59. The molecule has 4 nitrogen and oxygen atoms in total. The monoisotopic (exact) mass is 331 g/mol. The van der Waals surface area contributed by atoms with Crippen molar-refractivity contribution in [2.75, 3.05) is 6.54 Å². The molecule has 19 heavy (non-hydrogen) atoms. The Kier molecular flexibility index (Phi) is 4.60. The van der Waals surface area contributed by atoms with Crippen molar-refractivity contribution in [2.45, 2.75) is 19.9 Å². The van der Waals surface area contributed by atoms with E-state index in [1.807, 2.05) is 6.92 Å². The maximum atomic E-state index is 13.7. The van der Waals surface area contributed by atoms with Crippen molar-refractivity contribution >= 4 is 15.9 Å². The molecule has 0 bridgehead atoms. The maximum Gasteiger partial charge on any atom is 0.253 e. The SMILES string of the molecule is CCCNCc1nnc(-c2c(F)cc(Br)cc2F)o1. The van der Waals surface area contributed by atoms with E-state index in [9.17, 15) is 8.78 Å². The predicted octanol–water partition coefficient (Wildman–Crippen LogP) is 3.28. The minimum absolute atomic E-state index is 0.157. The highest BCUT2D eigenvalue weighted by Gasteiger charge is 2.18. The number of rotatable bonds is 5. The molecule has 0 radical (unpaired) electrons. The zero-order chi connectivity index (χ0) is 13.8. The van der Waals surface area contributed by atoms with Crippen LogP contribution in [0.25, 0.3) is 11.5 Å². The number of hydrogen-bond donors (Lipinski definition) is 1. The van der Waals surface area contributed by atoms with E-state index < -0.39 is 11.6 Å². The zero-order valence-electron chi connectivity index (χ0n) is 10.2. The van der Waals surface area contributed by atoms with Gasteiger partial charge in [-0.2, -0.15) is 0 Å². The van der Waals surface area contributed by atoms with Crippen molar-refractivity contribution in [3.05, 3.63) is 34.1 Å². The Morgan fingerprint density at radius 1 is 1.26 bits per heavy atom. The molecule has 1 aromatic carbocycles. The second-order valence-corrected chi connectivity index (χ2v) is 4.84. The number of benzene rings is 1. The molecular weight excluding hydrogens is 320 g/mol. The summed E-state index contributed by atoms with van der Waals surface area (Å²) in [4.78, 5) is 0. The largest absolute Gasteiger partial charge is 0.419 e. The van der Waals surface area contributed by atoms with Crippen LogP contribution in [-0.4, -0.2) is 16.7 Å². The van der Waals surface area contributed by atoms with Crippen molar-refractivity contribution in [3.8, 4) is 11.5 Å². The first kappa shape index (κ1) is 14.1. The number of hydrogen-bond acceptors (Lipinski definition) is 4. The third-order valence-electron chi connectivity index (χ3n) is 2.39. The molecule has 0 aliphatic heterocycles. The summed E-state index contributed by atoms with van der Waals surface area (Å²) in [6.07, 6.45) is 0.969. The van der Waals surface area contributed by atoms with Gasteiger partial charge in [-0.1, -0.05) is 22.9 Å². The maximum absolute atomic E-state index is 13.7. The average Bonchev–Trinajstić information content (AvgIpc) is 2.76. The zero-order valence-corrected chi connectivity index (χ0v) is 11.8. The quantitative estimate of drug-likeness (QED) is 0.854. The van der Waals surface area contributed by atoms with Gasteiger partial charge in [0.25, 0.3) is 5.89 Å².